The van der Waals surface area contributed by atoms with E-state index < -0.39 is 62.5 Å². The lowest BCUT2D eigenvalue weighted by Crippen LogP contribution is -2.19. The van der Waals surface area contributed by atoms with Gasteiger partial charge in [0.25, 0.3) is 5.78 Å². The number of H-pyrrole nitrogens is 1. The van der Waals surface area contributed by atoms with Crippen LogP contribution in [0.5, 0.6) is 0 Å². The van der Waals surface area contributed by atoms with Crippen LogP contribution in [-0.2, 0) is 21.9 Å². The number of amides is 1. The van der Waals surface area contributed by atoms with E-state index in [1.165, 1.54) is 11.9 Å². The van der Waals surface area contributed by atoms with Crippen molar-refractivity contribution in [1.29, 1.82) is 0 Å². The zero-order chi connectivity index (χ0) is 37.1. The largest absolute Gasteiger partial charge is 0.454 e. The first-order valence-corrected chi connectivity index (χ1v) is 11.8. The lowest BCUT2D eigenvalue weighted by Gasteiger charge is -2.08. The summed E-state index contributed by atoms with van der Waals surface area (Å²) in [5.74, 6) is -2.43. The summed E-state index contributed by atoms with van der Waals surface area (Å²) >= 11 is 0. The van der Waals surface area contributed by atoms with E-state index in [1.807, 2.05) is 0 Å². The highest BCUT2D eigenvalue weighted by atomic mass is 19.4. The number of carbonyl (C=O) groups is 2. The van der Waals surface area contributed by atoms with Crippen LogP contribution in [0.15, 0.2) is 41.2 Å². The monoisotopic (exact) mass is 686 g/mol. The Labute approximate surface area is 252 Å². The molecule has 0 aromatic carbocycles. The fraction of sp³-hybridized carbons (Fsp3) is 0.391. The van der Waals surface area contributed by atoms with Gasteiger partial charge >= 0.3 is 35.5 Å². The van der Waals surface area contributed by atoms with E-state index in [4.69, 9.17) is 5.11 Å². The van der Waals surface area contributed by atoms with Crippen LogP contribution in [0, 0.1) is 20.2 Å². The molecule has 2 heterocycles. The van der Waals surface area contributed by atoms with Crippen LogP contribution in [-0.4, -0.2) is 56.4 Å². The molecule has 0 aliphatic rings. The molecule has 0 unspecified atom stereocenters. The number of nitrogens with two attached hydrogens (primary N) is 1. The van der Waals surface area contributed by atoms with Crippen LogP contribution in [0.1, 0.15) is 38.6 Å². The van der Waals surface area contributed by atoms with Crippen molar-refractivity contribution in [3.8, 4) is 0 Å². The molecule has 2 aromatic heterocycles. The Kier molecular flexibility index (Phi) is 20.5. The summed E-state index contributed by atoms with van der Waals surface area (Å²) in [6, 6.07) is 2.33. The molecular formula is C23H27F9N6O8. The first kappa shape index (κ1) is 45.3. The standard InChI is InChI=1S/C8H8F3N3O2.C6H3F3N2O3.C5H5F3O.C3H7NO.CH4O/c1-2-12-7-5(14(15)16)3-4-6(13-7)8(9,10)11;7-6(8,9)4-2-1-3(11(13)14)5(12)10-4;1-2-3-4(9)5(6,7)8;1-2-3(4)5;1-2/h3-4H,2H2,1H3,(H,12,13);1-2H,(H,10,12);2-3H,1H3;2H2,1H3,(H2,4,5);2H,1H3/b;;3-2+;;. The molecular weight excluding hydrogens is 659 g/mol. The maximum absolute atomic E-state index is 12.3. The second-order valence-electron chi connectivity index (χ2n) is 7.37. The van der Waals surface area contributed by atoms with Crippen molar-refractivity contribution in [1.82, 2.24) is 9.97 Å². The zero-order valence-electron chi connectivity index (χ0n) is 24.0. The minimum Gasteiger partial charge on any atom is -0.400 e. The molecule has 23 heteroatoms. The molecule has 0 aliphatic carbocycles. The molecule has 2 aromatic rings. The van der Waals surface area contributed by atoms with E-state index in [1.54, 1.807) is 13.8 Å². The number of rotatable bonds is 6. The molecule has 0 aliphatic heterocycles. The third-order valence-corrected chi connectivity index (χ3v) is 4.04. The van der Waals surface area contributed by atoms with Crippen LogP contribution in [0.2, 0.25) is 0 Å². The number of hydrogen-bond acceptors (Lipinski definition) is 10. The van der Waals surface area contributed by atoms with Crippen LogP contribution in [0.4, 0.5) is 56.7 Å². The number of aliphatic hydroxyl groups is 1. The smallest absolute Gasteiger partial charge is 0.400 e. The number of aromatic amines is 1. The van der Waals surface area contributed by atoms with Crippen LogP contribution in [0.25, 0.3) is 0 Å². The molecule has 0 bridgehead atoms. The minimum atomic E-state index is -4.72. The van der Waals surface area contributed by atoms with E-state index in [0.717, 1.165) is 19.3 Å². The van der Waals surface area contributed by atoms with Crippen molar-refractivity contribution in [2.45, 2.75) is 45.7 Å². The van der Waals surface area contributed by atoms with E-state index in [9.17, 15) is 74.1 Å². The molecule has 5 N–H and O–H groups in total. The quantitative estimate of drug-likeness (QED) is 0.139. The molecule has 260 valence electrons. The van der Waals surface area contributed by atoms with E-state index in [0.29, 0.717) is 30.7 Å². The Balaban J connectivity index is -0.000000562. The van der Waals surface area contributed by atoms with E-state index in [-0.39, 0.29) is 18.3 Å². The third kappa shape index (κ3) is 18.5. The van der Waals surface area contributed by atoms with Gasteiger partial charge in [-0.05, 0) is 32.1 Å². The van der Waals surface area contributed by atoms with Crippen LogP contribution < -0.4 is 16.6 Å². The topological polar surface area (TPSA) is 224 Å². The number of nitrogens with one attached hydrogen (secondary N) is 2. The average Bonchev–Trinajstić information content (AvgIpc) is 2.93. The first-order chi connectivity index (χ1) is 20.9. The fourth-order valence-corrected chi connectivity index (χ4v) is 2.08. The summed E-state index contributed by atoms with van der Waals surface area (Å²) in [6.07, 6.45) is -12.1. The number of aliphatic hydroxyl groups excluding tert-OH is 1. The highest BCUT2D eigenvalue weighted by molar-refractivity contribution is 5.94. The molecule has 1 amide bonds. The van der Waals surface area contributed by atoms with Gasteiger partial charge in [-0.1, -0.05) is 13.0 Å². The van der Waals surface area contributed by atoms with Gasteiger partial charge in [0.15, 0.2) is 0 Å². The number of alkyl halides is 9. The summed E-state index contributed by atoms with van der Waals surface area (Å²) in [5.41, 5.74) is -0.583. The van der Waals surface area contributed by atoms with Gasteiger partial charge in [-0.2, -0.15) is 39.5 Å². The number of halogens is 9. The SMILES string of the molecule is C/C=C/C(=O)C(F)(F)F.CCC(N)=O.CCNc1nc(C(F)(F)F)ccc1[N+](=O)[O-].CO.O=c1[nH]c(C(F)(F)F)ccc1[N+](=O)[O-]. The predicted molar refractivity (Wildman–Crippen MR) is 142 cm³/mol. The average molecular weight is 686 g/mol. The number of anilines is 1. The Hall–Kier alpha value is -5.09. The van der Waals surface area contributed by atoms with Gasteiger partial charge in [-0.3, -0.25) is 34.6 Å². The third-order valence-electron chi connectivity index (χ3n) is 4.04. The number of nitro groups is 2. The Morgan fingerprint density at radius 1 is 0.935 bits per heavy atom. The fourth-order valence-electron chi connectivity index (χ4n) is 2.08. The van der Waals surface area contributed by atoms with Crippen LogP contribution >= 0.6 is 0 Å². The maximum Gasteiger partial charge on any atom is 0.454 e. The molecule has 2 rings (SSSR count). The molecule has 0 saturated carbocycles. The van der Waals surface area contributed by atoms with Crippen LogP contribution in [0.3, 0.4) is 0 Å². The van der Waals surface area contributed by atoms with Gasteiger partial charge in [0.05, 0.1) is 9.85 Å². The first-order valence-electron chi connectivity index (χ1n) is 11.8. The molecule has 0 radical (unpaired) electrons. The van der Waals surface area contributed by atoms with Crippen molar-refractivity contribution in [2.24, 2.45) is 5.73 Å². The van der Waals surface area contributed by atoms with Crippen molar-refractivity contribution in [3.63, 3.8) is 0 Å². The minimum absolute atomic E-state index is 0.245. The van der Waals surface area contributed by atoms with Crippen molar-refractivity contribution < 1.29 is 64.1 Å². The summed E-state index contributed by atoms with van der Waals surface area (Å²) < 4.78 is 106. The van der Waals surface area contributed by atoms with Gasteiger partial charge in [-0.25, -0.2) is 4.98 Å². The lowest BCUT2D eigenvalue weighted by atomic mass is 10.3. The second kappa shape index (κ2) is 20.8. The molecule has 0 atom stereocenters. The van der Waals surface area contributed by atoms with Gasteiger partial charge in [0.2, 0.25) is 11.7 Å². The second-order valence-corrected chi connectivity index (χ2v) is 7.37. The number of aromatic nitrogens is 2. The highest BCUT2D eigenvalue weighted by Crippen LogP contribution is 2.31. The number of allylic oxidation sites excluding steroid dienone is 2. The molecule has 14 nitrogen and oxygen atoms in total. The molecule has 0 spiro atoms. The number of pyridine rings is 2. The number of nitrogens with zero attached hydrogens (tertiary/aromatic N) is 3. The molecule has 0 fully saturated rings. The normalized spacial score (nSPS) is 10.7. The zero-order valence-corrected chi connectivity index (χ0v) is 24.0. The molecule has 0 saturated heterocycles. The summed E-state index contributed by atoms with van der Waals surface area (Å²) in [5, 5.41) is 30.0. The number of ketones is 1. The number of primary amides is 1. The van der Waals surface area contributed by atoms with Gasteiger partial charge in [-0.15, -0.1) is 0 Å². The van der Waals surface area contributed by atoms with Crippen molar-refractivity contribution in [2.75, 3.05) is 19.0 Å². The predicted octanol–water partition coefficient (Wildman–Crippen LogP) is 4.93. The van der Waals surface area contributed by atoms with Gasteiger partial charge in [0.1, 0.15) is 11.4 Å². The van der Waals surface area contributed by atoms with Crippen molar-refractivity contribution >= 4 is 28.9 Å². The van der Waals surface area contributed by atoms with Gasteiger partial charge < -0.3 is 21.1 Å². The maximum atomic E-state index is 12.3. The Bertz CT molecular complexity index is 1380. The van der Waals surface area contributed by atoms with Crippen molar-refractivity contribution in [3.05, 3.63) is 78.4 Å². The highest BCUT2D eigenvalue weighted by Gasteiger charge is 2.36. The molecule has 46 heavy (non-hydrogen) atoms. The number of hydrogen-bond donors (Lipinski definition) is 4. The van der Waals surface area contributed by atoms with E-state index in [2.05, 4.69) is 16.0 Å². The van der Waals surface area contributed by atoms with Gasteiger partial charge in [0, 0.05) is 32.2 Å². The van der Waals surface area contributed by atoms with E-state index >= 15 is 0 Å². The summed E-state index contributed by atoms with van der Waals surface area (Å²) in [7, 11) is 1.00. The summed E-state index contributed by atoms with van der Waals surface area (Å²) in [4.78, 5) is 53.5. The Morgan fingerprint density at radius 3 is 1.67 bits per heavy atom. The number of carbonyl (C=O) groups excluding carboxylic acids is 2. The summed E-state index contributed by atoms with van der Waals surface area (Å²) in [6.45, 7) is 4.92. The lowest BCUT2D eigenvalue weighted by molar-refractivity contribution is -0.386. The Morgan fingerprint density at radius 2 is 1.39 bits per heavy atom.